The van der Waals surface area contributed by atoms with Gasteiger partial charge in [-0.15, -0.1) is 0 Å². The zero-order valence-corrected chi connectivity index (χ0v) is 17.8. The van der Waals surface area contributed by atoms with Gasteiger partial charge < -0.3 is 9.73 Å². The van der Waals surface area contributed by atoms with E-state index in [1.54, 1.807) is 0 Å². The zero-order chi connectivity index (χ0) is 19.7. The lowest BCUT2D eigenvalue weighted by atomic mass is 10.1. The summed E-state index contributed by atoms with van der Waals surface area (Å²) in [5.74, 6) is 0.420. The summed E-state index contributed by atoms with van der Waals surface area (Å²) < 4.78 is 6.85. The Hall–Kier alpha value is -2.67. The summed E-state index contributed by atoms with van der Waals surface area (Å²) in [6.45, 7) is 4.08. The molecule has 3 aromatic carbocycles. The first-order valence-electron chi connectivity index (χ1n) is 9.11. The van der Waals surface area contributed by atoms with Crippen molar-refractivity contribution in [1.29, 1.82) is 0 Å². The van der Waals surface area contributed by atoms with Crippen LogP contribution in [0.15, 0.2) is 65.1 Å². The third-order valence-corrected chi connectivity index (χ3v) is 5.65. The molecule has 1 heterocycles. The van der Waals surface area contributed by atoms with E-state index in [4.69, 9.17) is 4.42 Å². The lowest BCUT2D eigenvalue weighted by Crippen LogP contribution is -2.14. The number of benzene rings is 3. The Balaban J connectivity index is 1.67. The molecule has 0 aliphatic heterocycles. The van der Waals surface area contributed by atoms with Gasteiger partial charge in [0.1, 0.15) is 5.52 Å². The maximum atomic E-state index is 12.7. The van der Waals surface area contributed by atoms with Crippen LogP contribution in [0.2, 0.25) is 0 Å². The second kappa shape index (κ2) is 7.75. The molecule has 0 fully saturated rings. The van der Waals surface area contributed by atoms with Gasteiger partial charge >= 0.3 is 0 Å². The Kier molecular flexibility index (Phi) is 5.17. The highest BCUT2D eigenvalue weighted by atomic mass is 127. The van der Waals surface area contributed by atoms with Gasteiger partial charge in [-0.05, 0) is 83.5 Å². The summed E-state index contributed by atoms with van der Waals surface area (Å²) in [6.07, 6.45) is 0.955. The van der Waals surface area contributed by atoms with Crippen molar-refractivity contribution < 1.29 is 9.21 Å². The summed E-state index contributed by atoms with van der Waals surface area (Å²) in [7, 11) is 0. The average molecular weight is 482 g/mol. The molecule has 0 radical (unpaired) electrons. The van der Waals surface area contributed by atoms with Gasteiger partial charge in [0.15, 0.2) is 5.58 Å². The molecule has 0 aliphatic carbocycles. The van der Waals surface area contributed by atoms with Crippen LogP contribution in [0, 0.1) is 10.5 Å². The number of amides is 1. The van der Waals surface area contributed by atoms with Crippen molar-refractivity contribution in [3.05, 3.63) is 80.9 Å². The van der Waals surface area contributed by atoms with Crippen LogP contribution in [0.4, 0.5) is 5.69 Å². The van der Waals surface area contributed by atoms with Gasteiger partial charge in [-0.2, -0.15) is 0 Å². The molecule has 1 N–H and O–H groups in total. The van der Waals surface area contributed by atoms with Crippen LogP contribution in [-0.4, -0.2) is 10.9 Å². The predicted octanol–water partition coefficient (Wildman–Crippen LogP) is 6.22. The minimum Gasteiger partial charge on any atom is -0.436 e. The molecule has 4 nitrogen and oxygen atoms in total. The van der Waals surface area contributed by atoms with Gasteiger partial charge in [0, 0.05) is 14.8 Å². The van der Waals surface area contributed by atoms with Crippen LogP contribution in [-0.2, 0) is 6.42 Å². The van der Waals surface area contributed by atoms with Gasteiger partial charge in [-0.25, -0.2) is 4.98 Å². The summed E-state index contributed by atoms with van der Waals surface area (Å²) in [6, 6.07) is 19.4. The van der Waals surface area contributed by atoms with Crippen molar-refractivity contribution in [2.75, 3.05) is 5.32 Å². The topological polar surface area (TPSA) is 55.1 Å². The maximum absolute atomic E-state index is 12.7. The summed E-state index contributed by atoms with van der Waals surface area (Å²) >= 11 is 2.17. The van der Waals surface area contributed by atoms with E-state index >= 15 is 0 Å². The fraction of sp³-hybridized carbons (Fsp3) is 0.130. The van der Waals surface area contributed by atoms with Crippen LogP contribution < -0.4 is 5.32 Å². The first-order valence-corrected chi connectivity index (χ1v) is 10.2. The highest BCUT2D eigenvalue weighted by Crippen LogP contribution is 2.29. The van der Waals surface area contributed by atoms with E-state index in [1.165, 1.54) is 5.56 Å². The lowest BCUT2D eigenvalue weighted by molar-refractivity contribution is 0.102. The van der Waals surface area contributed by atoms with Crippen molar-refractivity contribution in [2.24, 2.45) is 0 Å². The number of aryl methyl sites for hydroxylation is 2. The summed E-state index contributed by atoms with van der Waals surface area (Å²) in [4.78, 5) is 17.3. The number of halogens is 1. The second-order valence-corrected chi connectivity index (χ2v) is 7.80. The molecule has 0 unspecified atom stereocenters. The van der Waals surface area contributed by atoms with Crippen molar-refractivity contribution >= 4 is 45.3 Å². The number of oxazole rings is 1. The number of rotatable bonds is 4. The number of carbonyl (C=O) groups is 1. The Morgan fingerprint density at radius 1 is 1.11 bits per heavy atom. The van der Waals surface area contributed by atoms with Crippen LogP contribution in [0.3, 0.4) is 0 Å². The highest BCUT2D eigenvalue weighted by Gasteiger charge is 2.14. The number of carbonyl (C=O) groups excluding carboxylic acids is 1. The molecular weight excluding hydrogens is 463 g/mol. The number of anilines is 1. The third-order valence-electron chi connectivity index (χ3n) is 4.71. The van der Waals surface area contributed by atoms with Gasteiger partial charge in [0.05, 0.1) is 5.56 Å². The Morgan fingerprint density at radius 3 is 2.71 bits per heavy atom. The molecule has 4 aromatic rings. The van der Waals surface area contributed by atoms with Crippen LogP contribution >= 0.6 is 22.6 Å². The molecule has 0 saturated carbocycles. The smallest absolute Gasteiger partial charge is 0.256 e. The van der Waals surface area contributed by atoms with Crippen molar-refractivity contribution in [1.82, 2.24) is 4.98 Å². The van der Waals surface area contributed by atoms with E-state index in [2.05, 4.69) is 51.9 Å². The minimum absolute atomic E-state index is 0.129. The summed E-state index contributed by atoms with van der Waals surface area (Å²) in [5.41, 5.74) is 6.05. The fourth-order valence-corrected chi connectivity index (χ4v) is 3.67. The molecule has 5 heteroatoms. The molecular formula is C23H19IN2O2. The number of hydrogen-bond acceptors (Lipinski definition) is 3. The van der Waals surface area contributed by atoms with E-state index < -0.39 is 0 Å². The van der Waals surface area contributed by atoms with Crippen molar-refractivity contribution in [2.45, 2.75) is 20.3 Å². The SMILES string of the molecule is CCc1ccc2oc(-c3ccc(C)c(NC(=O)c4ccccc4I)c3)nc2c1. The molecule has 0 aliphatic rings. The average Bonchev–Trinajstić information content (AvgIpc) is 3.13. The molecule has 0 atom stereocenters. The summed E-state index contributed by atoms with van der Waals surface area (Å²) in [5, 5.41) is 3.02. The van der Waals surface area contributed by atoms with Gasteiger partial charge in [-0.1, -0.05) is 31.2 Å². The van der Waals surface area contributed by atoms with Crippen molar-refractivity contribution in [3.8, 4) is 11.5 Å². The monoisotopic (exact) mass is 482 g/mol. The lowest BCUT2D eigenvalue weighted by Gasteiger charge is -2.10. The van der Waals surface area contributed by atoms with E-state index in [9.17, 15) is 4.79 Å². The van der Waals surface area contributed by atoms with Crippen LogP contribution in [0.25, 0.3) is 22.6 Å². The zero-order valence-electron chi connectivity index (χ0n) is 15.6. The quantitative estimate of drug-likeness (QED) is 0.352. The molecule has 140 valence electrons. The van der Waals surface area contributed by atoms with E-state index in [0.717, 1.165) is 37.9 Å². The fourth-order valence-electron chi connectivity index (χ4n) is 3.04. The van der Waals surface area contributed by atoms with Gasteiger partial charge in [-0.3, -0.25) is 4.79 Å². The minimum atomic E-state index is -0.129. The normalized spacial score (nSPS) is 11.0. The molecule has 1 amide bonds. The molecule has 0 bridgehead atoms. The Bertz CT molecular complexity index is 1180. The molecule has 0 saturated heterocycles. The Morgan fingerprint density at radius 2 is 1.93 bits per heavy atom. The first kappa shape index (κ1) is 18.7. The highest BCUT2D eigenvalue weighted by molar-refractivity contribution is 14.1. The third kappa shape index (κ3) is 3.67. The predicted molar refractivity (Wildman–Crippen MR) is 121 cm³/mol. The van der Waals surface area contributed by atoms with E-state index in [0.29, 0.717) is 11.5 Å². The van der Waals surface area contributed by atoms with Crippen LogP contribution in [0.1, 0.15) is 28.4 Å². The number of nitrogens with zero attached hydrogens (tertiary/aromatic N) is 1. The molecule has 0 spiro atoms. The van der Waals surface area contributed by atoms with Crippen LogP contribution in [0.5, 0.6) is 0 Å². The van der Waals surface area contributed by atoms with Crippen molar-refractivity contribution in [3.63, 3.8) is 0 Å². The first-order chi connectivity index (χ1) is 13.5. The molecule has 4 rings (SSSR count). The van der Waals surface area contributed by atoms with Gasteiger partial charge in [0.25, 0.3) is 5.91 Å². The molecule has 1 aromatic heterocycles. The van der Waals surface area contributed by atoms with Gasteiger partial charge in [0.2, 0.25) is 5.89 Å². The number of hydrogen-bond donors (Lipinski definition) is 1. The second-order valence-electron chi connectivity index (χ2n) is 6.64. The van der Waals surface area contributed by atoms with E-state index in [-0.39, 0.29) is 5.91 Å². The Labute approximate surface area is 177 Å². The number of fused-ring (bicyclic) bond motifs is 1. The standard InChI is InChI=1S/C23H19IN2O2/c1-3-15-9-11-21-20(12-15)26-23(28-21)16-10-8-14(2)19(13-16)25-22(27)17-6-4-5-7-18(17)24/h4-13H,3H2,1-2H3,(H,25,27). The number of aromatic nitrogens is 1. The largest absolute Gasteiger partial charge is 0.436 e. The van der Waals surface area contributed by atoms with E-state index in [1.807, 2.05) is 55.5 Å². The molecule has 28 heavy (non-hydrogen) atoms. The maximum Gasteiger partial charge on any atom is 0.256 e. The number of nitrogens with one attached hydrogen (secondary N) is 1.